The van der Waals surface area contributed by atoms with E-state index in [4.69, 9.17) is 10.4 Å². The van der Waals surface area contributed by atoms with Crippen LogP contribution in [0.5, 0.6) is 0 Å². The van der Waals surface area contributed by atoms with E-state index in [1.165, 1.54) is 30.4 Å². The van der Waals surface area contributed by atoms with Gasteiger partial charge >= 0.3 is 0 Å². The number of fused-ring (bicyclic) bond motifs is 1. The molecule has 1 atom stereocenters. The summed E-state index contributed by atoms with van der Waals surface area (Å²) < 4.78 is 23.7. The third kappa shape index (κ3) is 10.3. The highest BCUT2D eigenvalue weighted by Crippen LogP contribution is 2.21. The number of aliphatic hydroxyl groups is 1. The van der Waals surface area contributed by atoms with Gasteiger partial charge in [-0.3, -0.25) is 0 Å². The fourth-order valence-corrected chi connectivity index (χ4v) is 4.98. The number of aryl methyl sites for hydroxylation is 2. The summed E-state index contributed by atoms with van der Waals surface area (Å²) in [5.74, 6) is 1.79. The Kier molecular flexibility index (Phi) is 12.0. The fourth-order valence-electron chi connectivity index (χ4n) is 4.39. The average molecular weight is 573 g/mol. The van der Waals surface area contributed by atoms with Crippen molar-refractivity contribution >= 4 is 39.8 Å². The number of sulfone groups is 1. The molecule has 0 saturated heterocycles. The van der Waals surface area contributed by atoms with Crippen LogP contribution in [0.2, 0.25) is 0 Å². The van der Waals surface area contributed by atoms with Crippen LogP contribution in [-0.4, -0.2) is 96.2 Å². The predicted molar refractivity (Wildman–Crippen MR) is 158 cm³/mol. The Hall–Kier alpha value is -3.42. The van der Waals surface area contributed by atoms with Crippen molar-refractivity contribution < 1.29 is 18.3 Å². The molecule has 0 bridgehead atoms. The average Bonchev–Trinajstić information content (AvgIpc) is 2.95. The molecule has 0 spiro atoms. The van der Waals surface area contributed by atoms with Crippen LogP contribution in [-0.2, 0) is 27.5 Å². The van der Waals surface area contributed by atoms with Crippen LogP contribution >= 0.6 is 0 Å². The highest BCUT2D eigenvalue weighted by Gasteiger charge is 2.30. The Labute approximate surface area is 236 Å². The van der Waals surface area contributed by atoms with Crippen molar-refractivity contribution in [2.24, 2.45) is 0 Å². The van der Waals surface area contributed by atoms with Crippen molar-refractivity contribution in [1.29, 1.82) is 5.41 Å². The summed E-state index contributed by atoms with van der Waals surface area (Å²) in [5.41, 5.74) is 0.985. The van der Waals surface area contributed by atoms with E-state index in [1.54, 1.807) is 6.07 Å². The molecular weight excluding hydrogens is 532 g/mol. The maximum atomic E-state index is 12.2. The quantitative estimate of drug-likeness (QED) is 0.100. The number of anilines is 3. The van der Waals surface area contributed by atoms with E-state index in [0.717, 1.165) is 56.4 Å². The lowest BCUT2D eigenvalue weighted by molar-refractivity contribution is -0.113. The molecule has 12 nitrogen and oxygen atoms in total. The SMILES string of the molecule is CS(=O)(=O)CCN(CCCCc1ccc2c(n1)NCCC2)CCC(C=O)(CO)Nc1cc(N/C=C\C=N)ncn1. The second kappa shape index (κ2) is 15.4. The van der Waals surface area contributed by atoms with Crippen LogP contribution in [0.1, 0.15) is 36.9 Å². The second-order valence-electron chi connectivity index (χ2n) is 10.0. The first-order valence-electron chi connectivity index (χ1n) is 13.5. The first kappa shape index (κ1) is 31.1. The van der Waals surface area contributed by atoms with E-state index in [2.05, 4.69) is 38.1 Å². The van der Waals surface area contributed by atoms with Gasteiger partial charge in [-0.1, -0.05) is 6.07 Å². The van der Waals surface area contributed by atoms with E-state index >= 15 is 0 Å². The van der Waals surface area contributed by atoms with Gasteiger partial charge in [0.05, 0.1) is 12.4 Å². The van der Waals surface area contributed by atoms with Gasteiger partial charge in [-0.05, 0) is 62.8 Å². The zero-order valence-corrected chi connectivity index (χ0v) is 23.8. The Morgan fingerprint density at radius 2 is 2.02 bits per heavy atom. The number of hydrogen-bond acceptors (Lipinski definition) is 12. The monoisotopic (exact) mass is 572 g/mol. The van der Waals surface area contributed by atoms with Crippen LogP contribution in [0.4, 0.5) is 17.5 Å². The normalized spacial score (nSPS) is 14.8. The molecule has 1 aliphatic rings. The molecule has 3 rings (SSSR count). The molecule has 5 N–H and O–H groups in total. The lowest BCUT2D eigenvalue weighted by Crippen LogP contribution is -2.47. The maximum Gasteiger partial charge on any atom is 0.148 e. The van der Waals surface area contributed by atoms with Crippen LogP contribution in [0, 0.1) is 5.41 Å². The number of unbranched alkanes of at least 4 members (excludes halogenated alkanes) is 1. The Morgan fingerprint density at radius 1 is 1.20 bits per heavy atom. The smallest absolute Gasteiger partial charge is 0.148 e. The standard InChI is InChI=1S/C27H40N8O4S/c1-40(38,39)17-16-35(14-3-2-7-23-9-8-22-6-4-12-30-26(22)33-23)15-10-27(19-36,20-37)34-25-18-24(31-21-32-25)29-13-5-11-28/h5,8-9,11,13,18-19,21,28,37H,2-4,6-7,10,12,14-17,20H2,1H3,(H,30,33)(H2,29,31,32,34)/b13-5-,28-11?. The van der Waals surface area contributed by atoms with Crippen LogP contribution in [0.3, 0.4) is 0 Å². The number of aromatic nitrogens is 3. The van der Waals surface area contributed by atoms with E-state index in [9.17, 15) is 18.3 Å². The summed E-state index contributed by atoms with van der Waals surface area (Å²) >= 11 is 0. The van der Waals surface area contributed by atoms with E-state index in [0.29, 0.717) is 37.6 Å². The summed E-state index contributed by atoms with van der Waals surface area (Å²) in [6.07, 6.45) is 12.3. The third-order valence-electron chi connectivity index (χ3n) is 6.74. The second-order valence-corrected chi connectivity index (χ2v) is 12.3. The molecule has 2 aromatic rings. The molecule has 0 radical (unpaired) electrons. The number of pyridine rings is 1. The molecule has 0 aliphatic carbocycles. The lowest BCUT2D eigenvalue weighted by atomic mass is 9.97. The van der Waals surface area contributed by atoms with Crippen molar-refractivity contribution in [3.63, 3.8) is 0 Å². The van der Waals surface area contributed by atoms with E-state index in [1.807, 2.05) is 4.90 Å². The van der Waals surface area contributed by atoms with Gasteiger partial charge in [0.25, 0.3) is 0 Å². The number of aldehydes is 1. The largest absolute Gasteiger partial charge is 0.393 e. The van der Waals surface area contributed by atoms with Crippen LogP contribution in [0.25, 0.3) is 0 Å². The number of carbonyl (C=O) groups is 1. The van der Waals surface area contributed by atoms with Gasteiger partial charge in [0.15, 0.2) is 0 Å². The molecule has 0 saturated carbocycles. The molecular formula is C27H40N8O4S. The minimum absolute atomic E-state index is 0.00982. The number of nitrogens with one attached hydrogen (secondary N) is 4. The summed E-state index contributed by atoms with van der Waals surface area (Å²) in [6.45, 7) is 1.87. The predicted octanol–water partition coefficient (Wildman–Crippen LogP) is 1.91. The molecule has 2 aromatic heterocycles. The van der Waals surface area contributed by atoms with Crippen LogP contribution in [0.15, 0.2) is 36.8 Å². The molecule has 218 valence electrons. The molecule has 13 heteroatoms. The lowest BCUT2D eigenvalue weighted by Gasteiger charge is -2.31. The molecule has 0 amide bonds. The van der Waals surface area contributed by atoms with Crippen molar-refractivity contribution in [2.75, 3.05) is 60.7 Å². The molecule has 3 heterocycles. The number of carbonyl (C=O) groups excluding carboxylic acids is 1. The summed E-state index contributed by atoms with van der Waals surface area (Å²) in [6, 6.07) is 5.82. The Bertz CT molecular complexity index is 1260. The first-order valence-corrected chi connectivity index (χ1v) is 15.5. The van der Waals surface area contributed by atoms with Crippen molar-refractivity contribution in [3.8, 4) is 0 Å². The van der Waals surface area contributed by atoms with Gasteiger partial charge in [0, 0.05) is 50.1 Å². The van der Waals surface area contributed by atoms with Crippen LogP contribution < -0.4 is 16.0 Å². The maximum absolute atomic E-state index is 12.2. The van der Waals surface area contributed by atoms with Gasteiger partial charge in [-0.2, -0.15) is 0 Å². The number of hydrogen-bond donors (Lipinski definition) is 5. The topological polar surface area (TPSA) is 173 Å². The number of rotatable bonds is 18. The van der Waals surface area contributed by atoms with Crippen molar-refractivity contribution in [2.45, 2.75) is 44.1 Å². The Balaban J connectivity index is 1.59. The van der Waals surface area contributed by atoms with Gasteiger partial charge in [0.2, 0.25) is 0 Å². The molecule has 1 aliphatic heterocycles. The van der Waals surface area contributed by atoms with E-state index in [-0.39, 0.29) is 12.2 Å². The molecule has 0 aromatic carbocycles. The van der Waals surface area contributed by atoms with E-state index < -0.39 is 22.0 Å². The summed E-state index contributed by atoms with van der Waals surface area (Å²) in [7, 11) is -3.17. The fraction of sp³-hybridized carbons (Fsp3) is 0.519. The minimum atomic E-state index is -3.17. The van der Waals surface area contributed by atoms with Gasteiger partial charge in [-0.25, -0.2) is 23.4 Å². The van der Waals surface area contributed by atoms with Gasteiger partial charge in [0.1, 0.15) is 45.4 Å². The van der Waals surface area contributed by atoms with Crippen molar-refractivity contribution in [3.05, 3.63) is 48.1 Å². The number of allylic oxidation sites excluding steroid dienone is 1. The minimum Gasteiger partial charge on any atom is -0.393 e. The van der Waals surface area contributed by atoms with Gasteiger partial charge < -0.3 is 36.2 Å². The number of aliphatic hydroxyl groups excluding tert-OH is 1. The van der Waals surface area contributed by atoms with Crippen molar-refractivity contribution in [1.82, 2.24) is 19.9 Å². The van der Waals surface area contributed by atoms with Gasteiger partial charge in [-0.15, -0.1) is 0 Å². The highest BCUT2D eigenvalue weighted by molar-refractivity contribution is 7.90. The number of nitrogens with zero attached hydrogens (tertiary/aromatic N) is 4. The molecule has 40 heavy (non-hydrogen) atoms. The Morgan fingerprint density at radius 3 is 2.77 bits per heavy atom. The third-order valence-corrected chi connectivity index (χ3v) is 7.66. The zero-order valence-electron chi connectivity index (χ0n) is 23.0. The highest BCUT2D eigenvalue weighted by atomic mass is 32.2. The molecule has 1 unspecified atom stereocenters. The molecule has 0 fully saturated rings. The first-order chi connectivity index (χ1) is 19.3. The summed E-state index contributed by atoms with van der Waals surface area (Å²) in [5, 5.41) is 26.5. The summed E-state index contributed by atoms with van der Waals surface area (Å²) in [4.78, 5) is 27.2. The zero-order chi connectivity index (χ0) is 28.8.